The molecule has 0 amide bonds. The van der Waals surface area contributed by atoms with Gasteiger partial charge in [0.15, 0.2) is 0 Å². The topological polar surface area (TPSA) is 82.9 Å². The van der Waals surface area contributed by atoms with Crippen LogP contribution in [-0.4, -0.2) is 19.3 Å². The van der Waals surface area contributed by atoms with E-state index in [-0.39, 0.29) is 23.8 Å². The molecule has 2 aromatic heterocycles. The van der Waals surface area contributed by atoms with Gasteiger partial charge < -0.3 is 4.52 Å². The summed E-state index contributed by atoms with van der Waals surface area (Å²) < 4.78 is 9.12. The minimum atomic E-state index is -0.384. The molecule has 29 heavy (non-hydrogen) atoms. The summed E-state index contributed by atoms with van der Waals surface area (Å²) in [6.45, 7) is 3.88. The van der Waals surface area contributed by atoms with Gasteiger partial charge in [0.05, 0.1) is 10.9 Å². The molecule has 0 fully saturated rings. The lowest BCUT2D eigenvalue weighted by Crippen LogP contribution is -2.41. The zero-order valence-corrected chi connectivity index (χ0v) is 17.6. The van der Waals surface area contributed by atoms with Crippen LogP contribution in [0.5, 0.6) is 0 Å². The zero-order valence-electron chi connectivity index (χ0n) is 16.0. The number of nitrogens with zero attached hydrogens (tertiary/aromatic N) is 4. The molecule has 1 atom stereocenters. The molecule has 2 aromatic carbocycles. The first-order valence-corrected chi connectivity index (χ1v) is 10.1. The number of hydrogen-bond donors (Lipinski definition) is 0. The molecular formula is C21H19BrN4O3. The molecule has 0 N–H and O–H groups in total. The van der Waals surface area contributed by atoms with E-state index in [9.17, 15) is 9.59 Å². The first kappa shape index (κ1) is 19.3. The fourth-order valence-electron chi connectivity index (χ4n) is 3.26. The van der Waals surface area contributed by atoms with E-state index >= 15 is 0 Å². The normalized spacial score (nSPS) is 12.4. The van der Waals surface area contributed by atoms with Crippen molar-refractivity contribution in [3.63, 3.8) is 0 Å². The molecule has 1 unspecified atom stereocenters. The van der Waals surface area contributed by atoms with Gasteiger partial charge in [-0.3, -0.25) is 13.9 Å². The van der Waals surface area contributed by atoms with Crippen LogP contribution in [0.4, 0.5) is 0 Å². The third-order valence-corrected chi connectivity index (χ3v) is 5.45. The molecule has 0 aliphatic rings. The van der Waals surface area contributed by atoms with Crippen molar-refractivity contribution >= 4 is 26.8 Å². The molecule has 0 spiro atoms. The highest BCUT2D eigenvalue weighted by Gasteiger charge is 2.18. The van der Waals surface area contributed by atoms with Crippen molar-refractivity contribution in [3.05, 3.63) is 79.7 Å². The van der Waals surface area contributed by atoms with Gasteiger partial charge in [-0.25, -0.2) is 4.79 Å². The molecule has 148 valence electrons. The number of fused-ring (bicyclic) bond motifs is 1. The van der Waals surface area contributed by atoms with Gasteiger partial charge in [-0.05, 0) is 37.6 Å². The van der Waals surface area contributed by atoms with Crippen molar-refractivity contribution < 1.29 is 4.52 Å². The third kappa shape index (κ3) is 3.55. The van der Waals surface area contributed by atoms with Crippen LogP contribution in [0.3, 0.4) is 0 Å². The summed E-state index contributed by atoms with van der Waals surface area (Å²) in [6.07, 6.45) is 0.668. The summed E-state index contributed by atoms with van der Waals surface area (Å²) >= 11 is 3.43. The maximum Gasteiger partial charge on any atom is 0.332 e. The van der Waals surface area contributed by atoms with Gasteiger partial charge in [-0.1, -0.05) is 52.3 Å². The Bertz CT molecular complexity index is 1310. The summed E-state index contributed by atoms with van der Waals surface area (Å²) in [4.78, 5) is 30.5. The largest absolute Gasteiger partial charge is 0.337 e. The van der Waals surface area contributed by atoms with E-state index < -0.39 is 0 Å². The van der Waals surface area contributed by atoms with Crippen molar-refractivity contribution in [1.29, 1.82) is 0 Å². The maximum atomic E-state index is 13.2. The lowest BCUT2D eigenvalue weighted by atomic mass is 10.2. The smallest absolute Gasteiger partial charge is 0.332 e. The Balaban J connectivity index is 1.83. The van der Waals surface area contributed by atoms with Gasteiger partial charge in [-0.15, -0.1) is 0 Å². The summed E-state index contributed by atoms with van der Waals surface area (Å²) in [6, 6.07) is 14.4. The van der Waals surface area contributed by atoms with E-state index in [1.54, 1.807) is 24.3 Å². The van der Waals surface area contributed by atoms with Gasteiger partial charge in [-0.2, -0.15) is 4.98 Å². The molecule has 7 nitrogen and oxygen atoms in total. The Morgan fingerprint density at radius 3 is 2.69 bits per heavy atom. The van der Waals surface area contributed by atoms with Gasteiger partial charge in [0.25, 0.3) is 5.56 Å². The minimum Gasteiger partial charge on any atom is -0.337 e. The first-order valence-electron chi connectivity index (χ1n) is 9.32. The second-order valence-corrected chi connectivity index (χ2v) is 7.76. The molecule has 0 radical (unpaired) electrons. The van der Waals surface area contributed by atoms with Gasteiger partial charge in [0, 0.05) is 16.1 Å². The van der Waals surface area contributed by atoms with Crippen molar-refractivity contribution in [2.75, 3.05) is 0 Å². The molecule has 8 heteroatoms. The highest BCUT2D eigenvalue weighted by Crippen LogP contribution is 2.21. The standard InChI is InChI=1S/C21H19BrN4O3/c1-3-13(2)26-20(27)16-9-4-5-10-17(16)25(21(26)28)12-18-23-19(24-29-18)14-7-6-8-15(22)11-14/h4-11,13H,3,12H2,1-2H3. The number of halogens is 1. The number of rotatable bonds is 5. The number of para-hydroxylation sites is 1. The van der Waals surface area contributed by atoms with Crippen LogP contribution in [-0.2, 0) is 6.54 Å². The second-order valence-electron chi connectivity index (χ2n) is 6.84. The molecule has 0 saturated heterocycles. The Labute approximate surface area is 174 Å². The van der Waals surface area contributed by atoms with Crippen LogP contribution in [0, 0.1) is 0 Å². The first-order chi connectivity index (χ1) is 14.0. The van der Waals surface area contributed by atoms with Gasteiger partial charge in [0.2, 0.25) is 11.7 Å². The number of aromatic nitrogens is 4. The molecule has 0 aliphatic carbocycles. The average molecular weight is 455 g/mol. The second kappa shape index (κ2) is 7.79. The van der Waals surface area contributed by atoms with Crippen molar-refractivity contribution in [2.24, 2.45) is 0 Å². The minimum absolute atomic E-state index is 0.0804. The number of benzene rings is 2. The highest BCUT2D eigenvalue weighted by molar-refractivity contribution is 9.10. The fraction of sp³-hybridized carbons (Fsp3) is 0.238. The van der Waals surface area contributed by atoms with Crippen LogP contribution < -0.4 is 11.2 Å². The van der Waals surface area contributed by atoms with E-state index in [1.165, 1.54) is 9.13 Å². The Morgan fingerprint density at radius 1 is 1.14 bits per heavy atom. The van der Waals surface area contributed by atoms with Crippen molar-refractivity contribution in [3.8, 4) is 11.4 Å². The van der Waals surface area contributed by atoms with Crippen LogP contribution in [0.25, 0.3) is 22.3 Å². The summed E-state index contributed by atoms with van der Waals surface area (Å²) in [5.74, 6) is 0.732. The van der Waals surface area contributed by atoms with E-state index in [4.69, 9.17) is 4.52 Å². The molecule has 0 bridgehead atoms. The van der Waals surface area contributed by atoms with Crippen LogP contribution >= 0.6 is 15.9 Å². The maximum absolute atomic E-state index is 13.2. The van der Waals surface area contributed by atoms with Crippen LogP contribution in [0.2, 0.25) is 0 Å². The highest BCUT2D eigenvalue weighted by atomic mass is 79.9. The predicted molar refractivity (Wildman–Crippen MR) is 114 cm³/mol. The van der Waals surface area contributed by atoms with E-state index in [2.05, 4.69) is 26.1 Å². The monoisotopic (exact) mass is 454 g/mol. The van der Waals surface area contributed by atoms with E-state index in [0.29, 0.717) is 29.0 Å². The molecular weight excluding hydrogens is 436 g/mol. The van der Waals surface area contributed by atoms with Crippen LogP contribution in [0.1, 0.15) is 32.2 Å². The van der Waals surface area contributed by atoms with Crippen molar-refractivity contribution in [2.45, 2.75) is 32.9 Å². The SMILES string of the molecule is CCC(C)n1c(=O)c2ccccc2n(Cc2nc(-c3cccc(Br)c3)no2)c1=O. The number of hydrogen-bond acceptors (Lipinski definition) is 5. The van der Waals surface area contributed by atoms with E-state index in [1.807, 2.05) is 38.1 Å². The Morgan fingerprint density at radius 2 is 1.93 bits per heavy atom. The van der Waals surface area contributed by atoms with Crippen LogP contribution in [0.15, 0.2) is 67.1 Å². The van der Waals surface area contributed by atoms with Gasteiger partial charge >= 0.3 is 5.69 Å². The molecule has 2 heterocycles. The third-order valence-electron chi connectivity index (χ3n) is 4.96. The lowest BCUT2D eigenvalue weighted by Gasteiger charge is -2.16. The van der Waals surface area contributed by atoms with Crippen molar-refractivity contribution in [1.82, 2.24) is 19.3 Å². The quantitative estimate of drug-likeness (QED) is 0.455. The lowest BCUT2D eigenvalue weighted by molar-refractivity contribution is 0.367. The molecule has 0 saturated carbocycles. The van der Waals surface area contributed by atoms with E-state index in [0.717, 1.165) is 10.0 Å². The zero-order chi connectivity index (χ0) is 20.5. The Hall–Kier alpha value is -3.00. The summed E-state index contributed by atoms with van der Waals surface area (Å²) in [5, 5.41) is 4.52. The predicted octanol–water partition coefficient (Wildman–Crippen LogP) is 4.00. The average Bonchev–Trinajstić information content (AvgIpc) is 3.20. The van der Waals surface area contributed by atoms with Gasteiger partial charge in [0.1, 0.15) is 6.54 Å². The summed E-state index contributed by atoms with van der Waals surface area (Å²) in [7, 11) is 0. The molecule has 4 rings (SSSR count). The fourth-order valence-corrected chi connectivity index (χ4v) is 3.66. The summed E-state index contributed by atoms with van der Waals surface area (Å²) in [5.41, 5.74) is 0.683. The molecule has 0 aliphatic heterocycles. The Kier molecular flexibility index (Phi) is 5.19. The molecule has 4 aromatic rings.